The monoisotopic (exact) mass is 437 g/mol. The van der Waals surface area contributed by atoms with Gasteiger partial charge in [0.15, 0.2) is 17.3 Å². The zero-order valence-corrected chi connectivity index (χ0v) is 15.3. The van der Waals surface area contributed by atoms with E-state index in [-0.39, 0.29) is 33.2 Å². The second-order valence-electron chi connectivity index (χ2n) is 5.86. The van der Waals surface area contributed by atoms with Crippen LogP contribution in [0.25, 0.3) is 5.69 Å². The molecule has 0 aliphatic rings. The maximum atomic E-state index is 14.0. The Kier molecular flexibility index (Phi) is 5.07. The number of aryl methyl sites for hydroxylation is 2. The van der Waals surface area contributed by atoms with E-state index in [1.54, 1.807) is 0 Å². The first-order valence-electron chi connectivity index (χ1n) is 7.72. The fraction of sp³-hybridized carbons (Fsp3) is 0.188. The van der Waals surface area contributed by atoms with Crippen LogP contribution < -0.4 is 5.32 Å². The first kappa shape index (κ1) is 20.7. The number of anilines is 1. The summed E-state index contributed by atoms with van der Waals surface area (Å²) in [5.41, 5.74) is -3.85. The van der Waals surface area contributed by atoms with Crippen molar-refractivity contribution in [3.8, 4) is 5.69 Å². The Labute approximate surface area is 163 Å². The lowest BCUT2D eigenvalue weighted by Gasteiger charge is -2.14. The van der Waals surface area contributed by atoms with Gasteiger partial charge < -0.3 is 5.32 Å². The van der Waals surface area contributed by atoms with Crippen molar-refractivity contribution in [2.75, 3.05) is 5.32 Å². The molecular formula is C16H10ClF6N5O. The van der Waals surface area contributed by atoms with Gasteiger partial charge in [0.1, 0.15) is 16.7 Å². The predicted molar refractivity (Wildman–Crippen MR) is 89.3 cm³/mol. The van der Waals surface area contributed by atoms with E-state index < -0.39 is 46.6 Å². The van der Waals surface area contributed by atoms with Crippen LogP contribution in [0, 0.1) is 24.4 Å². The summed E-state index contributed by atoms with van der Waals surface area (Å²) in [6.07, 6.45) is -4.62. The maximum Gasteiger partial charge on any atom is 0.435 e. The third-order valence-corrected chi connectivity index (χ3v) is 4.29. The zero-order valence-electron chi connectivity index (χ0n) is 14.6. The average Bonchev–Trinajstić information content (AvgIpc) is 3.07. The molecule has 0 unspecified atom stereocenters. The lowest BCUT2D eigenvalue weighted by atomic mass is 10.2. The van der Waals surface area contributed by atoms with Crippen molar-refractivity contribution < 1.29 is 31.1 Å². The van der Waals surface area contributed by atoms with Crippen LogP contribution in [0.2, 0.25) is 5.15 Å². The number of nitrogens with one attached hydrogen (secondary N) is 1. The first-order valence-corrected chi connectivity index (χ1v) is 8.10. The second kappa shape index (κ2) is 7.10. The minimum Gasteiger partial charge on any atom is -0.319 e. The SMILES string of the molecule is Cc1nn(C)c(Cl)c1C(=O)Nc1cnn(-c2c(F)cc(F)cc2F)c1C(F)(F)F. The molecule has 0 aliphatic carbocycles. The van der Waals surface area contributed by atoms with Gasteiger partial charge in [-0.15, -0.1) is 0 Å². The second-order valence-corrected chi connectivity index (χ2v) is 6.22. The Bertz CT molecular complexity index is 1100. The standard InChI is InChI=1S/C16H10ClF6N5O/c1-6-11(14(17)27(2)26-6)15(29)25-10-5-24-28(13(10)16(21,22)23)12-8(19)3-7(18)4-9(12)20/h3-5H,1-2H3,(H,25,29). The van der Waals surface area contributed by atoms with Crippen molar-refractivity contribution in [2.45, 2.75) is 13.1 Å². The van der Waals surface area contributed by atoms with E-state index in [4.69, 9.17) is 11.6 Å². The van der Waals surface area contributed by atoms with Crippen molar-refractivity contribution in [1.82, 2.24) is 19.6 Å². The molecule has 0 aliphatic heterocycles. The number of carbonyl (C=O) groups is 1. The molecule has 154 valence electrons. The number of amides is 1. The van der Waals surface area contributed by atoms with E-state index in [1.807, 2.05) is 5.32 Å². The Morgan fingerprint density at radius 1 is 1.17 bits per heavy atom. The molecule has 2 aromatic heterocycles. The summed E-state index contributed by atoms with van der Waals surface area (Å²) in [6, 6.07) is 0.411. The molecule has 0 saturated heterocycles. The highest BCUT2D eigenvalue weighted by Crippen LogP contribution is 2.37. The van der Waals surface area contributed by atoms with Crippen molar-refractivity contribution >= 4 is 23.2 Å². The predicted octanol–water partition coefficient (Wildman–Crippen LogP) is 4.26. The largest absolute Gasteiger partial charge is 0.435 e. The number of hydrogen-bond donors (Lipinski definition) is 1. The number of hydrogen-bond acceptors (Lipinski definition) is 3. The summed E-state index contributed by atoms with van der Waals surface area (Å²) in [5, 5.41) is 9.04. The Morgan fingerprint density at radius 2 is 1.76 bits per heavy atom. The van der Waals surface area contributed by atoms with E-state index in [0.29, 0.717) is 6.20 Å². The lowest BCUT2D eigenvalue weighted by Crippen LogP contribution is -2.20. The third kappa shape index (κ3) is 3.67. The maximum absolute atomic E-state index is 14.0. The molecule has 0 spiro atoms. The highest BCUT2D eigenvalue weighted by atomic mass is 35.5. The normalized spacial score (nSPS) is 11.8. The van der Waals surface area contributed by atoms with Gasteiger partial charge in [0, 0.05) is 19.2 Å². The molecule has 13 heteroatoms. The number of halogens is 7. The van der Waals surface area contributed by atoms with Gasteiger partial charge in [-0.05, 0) is 6.92 Å². The topological polar surface area (TPSA) is 64.7 Å². The molecule has 29 heavy (non-hydrogen) atoms. The van der Waals surface area contributed by atoms with Crippen LogP contribution in [0.15, 0.2) is 18.3 Å². The number of aromatic nitrogens is 4. The van der Waals surface area contributed by atoms with Crippen LogP contribution >= 0.6 is 11.6 Å². The molecule has 0 atom stereocenters. The minimum atomic E-state index is -5.18. The molecule has 1 N–H and O–H groups in total. The van der Waals surface area contributed by atoms with Gasteiger partial charge in [0.05, 0.1) is 23.1 Å². The van der Waals surface area contributed by atoms with Gasteiger partial charge in [-0.3, -0.25) is 9.48 Å². The summed E-state index contributed by atoms with van der Waals surface area (Å²) in [7, 11) is 1.42. The molecule has 1 aromatic carbocycles. The number of carbonyl (C=O) groups excluding carboxylic acids is 1. The van der Waals surface area contributed by atoms with Gasteiger partial charge >= 0.3 is 6.18 Å². The number of rotatable bonds is 3. The van der Waals surface area contributed by atoms with Crippen molar-refractivity contribution in [1.29, 1.82) is 0 Å². The zero-order chi connectivity index (χ0) is 21.7. The fourth-order valence-corrected chi connectivity index (χ4v) is 2.95. The van der Waals surface area contributed by atoms with Gasteiger partial charge in [0.2, 0.25) is 0 Å². The van der Waals surface area contributed by atoms with E-state index in [1.165, 1.54) is 14.0 Å². The highest BCUT2D eigenvalue weighted by Gasteiger charge is 2.40. The van der Waals surface area contributed by atoms with Crippen LogP contribution in [0.4, 0.5) is 32.0 Å². The Hall–Kier alpha value is -3.02. The Morgan fingerprint density at radius 3 is 2.24 bits per heavy atom. The van der Waals surface area contributed by atoms with Crippen molar-refractivity contribution in [3.63, 3.8) is 0 Å². The summed E-state index contributed by atoms with van der Waals surface area (Å²) in [6.45, 7) is 1.41. The first-order chi connectivity index (χ1) is 13.4. The quantitative estimate of drug-likeness (QED) is 0.623. The van der Waals surface area contributed by atoms with E-state index >= 15 is 0 Å². The summed E-state index contributed by atoms with van der Waals surface area (Å²) in [4.78, 5) is 12.4. The van der Waals surface area contributed by atoms with Crippen LogP contribution in [0.3, 0.4) is 0 Å². The third-order valence-electron chi connectivity index (χ3n) is 3.86. The van der Waals surface area contributed by atoms with Crippen LogP contribution in [0.5, 0.6) is 0 Å². The molecule has 6 nitrogen and oxygen atoms in total. The molecule has 3 aromatic rings. The molecule has 0 radical (unpaired) electrons. The molecule has 2 heterocycles. The Balaban J connectivity index is 2.12. The number of nitrogens with zero attached hydrogens (tertiary/aromatic N) is 4. The average molecular weight is 438 g/mol. The lowest BCUT2D eigenvalue weighted by molar-refractivity contribution is -0.142. The number of alkyl halides is 3. The summed E-state index contributed by atoms with van der Waals surface area (Å²) in [5.74, 6) is -5.58. The van der Waals surface area contributed by atoms with Crippen LogP contribution in [-0.4, -0.2) is 25.5 Å². The van der Waals surface area contributed by atoms with E-state index in [2.05, 4.69) is 10.2 Å². The molecule has 3 rings (SSSR count). The molecule has 0 fully saturated rings. The van der Waals surface area contributed by atoms with Crippen LogP contribution in [0.1, 0.15) is 21.7 Å². The van der Waals surface area contributed by atoms with Crippen molar-refractivity contribution in [3.05, 3.63) is 57.9 Å². The smallest absolute Gasteiger partial charge is 0.319 e. The molecule has 0 bridgehead atoms. The van der Waals surface area contributed by atoms with E-state index in [0.717, 1.165) is 4.68 Å². The molecule has 1 amide bonds. The van der Waals surface area contributed by atoms with Gasteiger partial charge in [0.25, 0.3) is 5.91 Å². The van der Waals surface area contributed by atoms with Gasteiger partial charge in [-0.1, -0.05) is 11.6 Å². The van der Waals surface area contributed by atoms with Gasteiger partial charge in [-0.25, -0.2) is 17.9 Å². The molecular weight excluding hydrogens is 428 g/mol. The van der Waals surface area contributed by atoms with E-state index in [9.17, 15) is 31.1 Å². The highest BCUT2D eigenvalue weighted by molar-refractivity contribution is 6.33. The summed E-state index contributed by atoms with van der Waals surface area (Å²) >= 11 is 5.92. The van der Waals surface area contributed by atoms with Gasteiger partial charge in [-0.2, -0.15) is 23.4 Å². The van der Waals surface area contributed by atoms with Crippen LogP contribution in [-0.2, 0) is 13.2 Å². The fourth-order valence-electron chi connectivity index (χ4n) is 2.69. The van der Waals surface area contributed by atoms with Crippen molar-refractivity contribution in [2.24, 2.45) is 7.05 Å². The molecule has 0 saturated carbocycles. The minimum absolute atomic E-state index is 0.0998. The number of benzene rings is 1. The summed E-state index contributed by atoms with van der Waals surface area (Å²) < 4.78 is 82.9.